The molecule has 1 N–H and O–H groups in total. The first-order valence-electron chi connectivity index (χ1n) is 7.33. The van der Waals surface area contributed by atoms with E-state index in [2.05, 4.69) is 4.99 Å². The van der Waals surface area contributed by atoms with Gasteiger partial charge >= 0.3 is 5.97 Å². The molecule has 0 aliphatic carbocycles. The number of carbonyl (C=O) groups excluding carboxylic acids is 1. The molecule has 2 aromatic carbocycles. The average Bonchev–Trinajstić information content (AvgIpc) is 2.59. The zero-order chi connectivity index (χ0) is 16.7. The SMILES string of the molecule is CCCOC(=O)c1ccc(N=Cc2cccc(OC)c2O)cc1. The van der Waals surface area contributed by atoms with Gasteiger partial charge in [-0.3, -0.25) is 4.99 Å². The molecule has 0 aliphatic heterocycles. The van der Waals surface area contributed by atoms with Crippen LogP contribution in [0, 0.1) is 0 Å². The minimum Gasteiger partial charge on any atom is -0.504 e. The fourth-order valence-electron chi connectivity index (χ4n) is 1.91. The van der Waals surface area contributed by atoms with Crippen molar-refractivity contribution in [3.8, 4) is 11.5 Å². The number of para-hydroxylation sites is 1. The van der Waals surface area contributed by atoms with E-state index in [0.29, 0.717) is 29.2 Å². The maximum absolute atomic E-state index is 11.7. The number of hydrogen-bond acceptors (Lipinski definition) is 5. The third-order valence-corrected chi connectivity index (χ3v) is 3.14. The number of esters is 1. The molecule has 0 radical (unpaired) electrons. The van der Waals surface area contributed by atoms with E-state index < -0.39 is 0 Å². The summed E-state index contributed by atoms with van der Waals surface area (Å²) in [6, 6.07) is 11.9. The van der Waals surface area contributed by atoms with Gasteiger partial charge in [0.1, 0.15) is 0 Å². The summed E-state index contributed by atoms with van der Waals surface area (Å²) in [6.45, 7) is 2.35. The summed E-state index contributed by atoms with van der Waals surface area (Å²) >= 11 is 0. The molecule has 5 heteroatoms. The number of phenolic OH excluding ortho intramolecular Hbond substituents is 1. The van der Waals surface area contributed by atoms with E-state index in [1.54, 1.807) is 48.7 Å². The number of aliphatic imine (C=N–C) groups is 1. The second kappa shape index (κ2) is 7.98. The Bertz CT molecular complexity index is 693. The third-order valence-electron chi connectivity index (χ3n) is 3.14. The van der Waals surface area contributed by atoms with Crippen LogP contribution >= 0.6 is 0 Å². The van der Waals surface area contributed by atoms with Crippen molar-refractivity contribution < 1.29 is 19.4 Å². The molecule has 2 rings (SSSR count). The number of benzene rings is 2. The number of phenols is 1. The van der Waals surface area contributed by atoms with E-state index in [1.807, 2.05) is 6.92 Å². The summed E-state index contributed by atoms with van der Waals surface area (Å²) in [7, 11) is 1.49. The van der Waals surface area contributed by atoms with Gasteiger partial charge in [0.25, 0.3) is 0 Å². The van der Waals surface area contributed by atoms with Crippen LogP contribution in [0.4, 0.5) is 5.69 Å². The van der Waals surface area contributed by atoms with Crippen LogP contribution in [0.1, 0.15) is 29.3 Å². The Hall–Kier alpha value is -2.82. The highest BCUT2D eigenvalue weighted by atomic mass is 16.5. The van der Waals surface area contributed by atoms with Crippen LogP contribution < -0.4 is 4.74 Å². The molecule has 0 atom stereocenters. The van der Waals surface area contributed by atoms with E-state index in [4.69, 9.17) is 9.47 Å². The fraction of sp³-hybridized carbons (Fsp3) is 0.222. The van der Waals surface area contributed by atoms with E-state index >= 15 is 0 Å². The number of methoxy groups -OCH3 is 1. The van der Waals surface area contributed by atoms with Crippen LogP contribution in [0.15, 0.2) is 47.5 Å². The van der Waals surface area contributed by atoms with Crippen LogP contribution in [-0.2, 0) is 4.74 Å². The highest BCUT2D eigenvalue weighted by molar-refractivity contribution is 5.90. The van der Waals surface area contributed by atoms with E-state index in [0.717, 1.165) is 6.42 Å². The van der Waals surface area contributed by atoms with Crippen molar-refractivity contribution in [2.45, 2.75) is 13.3 Å². The predicted molar refractivity (Wildman–Crippen MR) is 88.9 cm³/mol. The minimum absolute atomic E-state index is 0.0403. The fourth-order valence-corrected chi connectivity index (χ4v) is 1.91. The van der Waals surface area contributed by atoms with Gasteiger partial charge in [0.2, 0.25) is 0 Å². The lowest BCUT2D eigenvalue weighted by molar-refractivity contribution is 0.0505. The van der Waals surface area contributed by atoms with Crippen molar-refractivity contribution in [2.24, 2.45) is 4.99 Å². The van der Waals surface area contributed by atoms with Crippen molar-refractivity contribution in [1.29, 1.82) is 0 Å². The molecule has 0 fully saturated rings. The van der Waals surface area contributed by atoms with Crippen molar-refractivity contribution in [3.63, 3.8) is 0 Å². The van der Waals surface area contributed by atoms with Crippen molar-refractivity contribution in [3.05, 3.63) is 53.6 Å². The number of rotatable bonds is 6. The van der Waals surface area contributed by atoms with E-state index in [9.17, 15) is 9.90 Å². The van der Waals surface area contributed by atoms with Crippen molar-refractivity contribution in [1.82, 2.24) is 0 Å². The summed E-state index contributed by atoms with van der Waals surface area (Å²) < 4.78 is 10.1. The summed E-state index contributed by atoms with van der Waals surface area (Å²) in [6.07, 6.45) is 2.33. The monoisotopic (exact) mass is 313 g/mol. The maximum atomic E-state index is 11.7. The highest BCUT2D eigenvalue weighted by Gasteiger charge is 2.07. The Kier molecular flexibility index (Phi) is 5.74. The number of ether oxygens (including phenoxy) is 2. The molecule has 5 nitrogen and oxygen atoms in total. The summed E-state index contributed by atoms with van der Waals surface area (Å²) in [4.78, 5) is 16.0. The first-order chi connectivity index (χ1) is 11.2. The maximum Gasteiger partial charge on any atom is 0.338 e. The third kappa shape index (κ3) is 4.32. The number of aromatic hydroxyl groups is 1. The molecular formula is C18H19NO4. The first kappa shape index (κ1) is 16.5. The van der Waals surface area contributed by atoms with Crippen molar-refractivity contribution >= 4 is 17.9 Å². The minimum atomic E-state index is -0.340. The van der Waals surface area contributed by atoms with Crippen LogP contribution in [-0.4, -0.2) is 31.0 Å². The Morgan fingerprint density at radius 2 is 1.96 bits per heavy atom. The predicted octanol–water partition coefficient (Wildman–Crippen LogP) is 3.72. The topological polar surface area (TPSA) is 68.1 Å². The number of carbonyl (C=O) groups is 1. The molecule has 0 aromatic heterocycles. The molecule has 0 amide bonds. The van der Waals surface area contributed by atoms with Gasteiger partial charge in [-0.1, -0.05) is 13.0 Å². The summed E-state index contributed by atoms with van der Waals surface area (Å²) in [5.74, 6) is 0.0919. The van der Waals surface area contributed by atoms with Gasteiger partial charge in [0.05, 0.1) is 25.0 Å². The van der Waals surface area contributed by atoms with Crippen LogP contribution in [0.25, 0.3) is 0 Å². The molecule has 0 saturated heterocycles. The van der Waals surface area contributed by atoms with Gasteiger partial charge < -0.3 is 14.6 Å². The largest absolute Gasteiger partial charge is 0.504 e. The standard InChI is InChI=1S/C18H19NO4/c1-3-11-23-18(21)13-7-9-15(10-8-13)19-12-14-5-4-6-16(22-2)17(14)20/h4-10,12,20H,3,11H2,1-2H3. The molecule has 0 spiro atoms. The quantitative estimate of drug-likeness (QED) is 0.652. The van der Waals surface area contributed by atoms with Crippen LogP contribution in [0.2, 0.25) is 0 Å². The second-order valence-electron chi connectivity index (χ2n) is 4.84. The zero-order valence-electron chi connectivity index (χ0n) is 13.2. The second-order valence-corrected chi connectivity index (χ2v) is 4.84. The smallest absolute Gasteiger partial charge is 0.338 e. The lowest BCUT2D eigenvalue weighted by Crippen LogP contribution is -2.05. The molecule has 0 heterocycles. The zero-order valence-corrected chi connectivity index (χ0v) is 13.2. The van der Waals surface area contributed by atoms with Crippen LogP contribution in [0.5, 0.6) is 11.5 Å². The molecular weight excluding hydrogens is 294 g/mol. The normalized spacial score (nSPS) is 10.7. The van der Waals surface area contributed by atoms with E-state index in [1.165, 1.54) is 7.11 Å². The number of hydrogen-bond donors (Lipinski definition) is 1. The van der Waals surface area contributed by atoms with Gasteiger partial charge in [0.15, 0.2) is 11.5 Å². The van der Waals surface area contributed by atoms with Crippen molar-refractivity contribution in [2.75, 3.05) is 13.7 Å². The lowest BCUT2D eigenvalue weighted by Gasteiger charge is -2.05. The van der Waals surface area contributed by atoms with E-state index in [-0.39, 0.29) is 11.7 Å². The average molecular weight is 313 g/mol. The van der Waals surface area contributed by atoms with Gasteiger partial charge in [-0.15, -0.1) is 0 Å². The Morgan fingerprint density at radius 3 is 2.61 bits per heavy atom. The van der Waals surface area contributed by atoms with Gasteiger partial charge in [0, 0.05) is 11.8 Å². The summed E-state index contributed by atoms with van der Waals surface area (Å²) in [5, 5.41) is 9.99. The first-order valence-corrected chi connectivity index (χ1v) is 7.33. The molecule has 120 valence electrons. The molecule has 0 aliphatic rings. The van der Waals surface area contributed by atoms with Gasteiger partial charge in [-0.25, -0.2) is 4.79 Å². The van der Waals surface area contributed by atoms with Gasteiger partial charge in [-0.2, -0.15) is 0 Å². The molecule has 0 unspecified atom stereocenters. The summed E-state index contributed by atoms with van der Waals surface area (Å²) in [5.41, 5.74) is 1.71. The van der Waals surface area contributed by atoms with Gasteiger partial charge in [-0.05, 0) is 42.8 Å². The molecule has 0 saturated carbocycles. The lowest BCUT2D eigenvalue weighted by atomic mass is 10.2. The van der Waals surface area contributed by atoms with Crippen LogP contribution in [0.3, 0.4) is 0 Å². The Morgan fingerprint density at radius 1 is 1.22 bits per heavy atom. The Balaban J connectivity index is 2.10. The molecule has 2 aromatic rings. The molecule has 0 bridgehead atoms. The number of nitrogens with zero attached hydrogens (tertiary/aromatic N) is 1. The Labute approximate surface area is 135 Å². The highest BCUT2D eigenvalue weighted by Crippen LogP contribution is 2.28. The molecule has 23 heavy (non-hydrogen) atoms.